The Morgan fingerprint density at radius 3 is 2.65 bits per heavy atom. The molecule has 134 valence electrons. The second-order valence-electron chi connectivity index (χ2n) is 5.68. The maximum Gasteiger partial charge on any atom is 0.277 e. The van der Waals surface area contributed by atoms with Crippen molar-refractivity contribution < 1.29 is 13.9 Å². The molecule has 3 aromatic rings. The molecular weight excluding hydrogens is 350 g/mol. The van der Waals surface area contributed by atoms with Crippen LogP contribution in [0.2, 0.25) is 0 Å². The fourth-order valence-corrected chi connectivity index (χ4v) is 3.00. The summed E-state index contributed by atoms with van der Waals surface area (Å²) >= 11 is 1.22. The Hall–Kier alpha value is -2.80. The van der Waals surface area contributed by atoms with Crippen LogP contribution < -0.4 is 9.64 Å². The number of benzene rings is 2. The zero-order chi connectivity index (χ0) is 18.5. The number of carbonyl (C=O) groups is 1. The maximum absolute atomic E-state index is 12.4. The second-order valence-corrected chi connectivity index (χ2v) is 6.61. The molecule has 0 fully saturated rings. The number of aryl methyl sites for hydroxylation is 1. The van der Waals surface area contributed by atoms with Crippen molar-refractivity contribution in [2.45, 2.75) is 12.1 Å². The fraction of sp³-hybridized carbons (Fsp3) is 0.211. The number of hydrogen-bond donors (Lipinski definition) is 0. The number of hydrogen-bond acceptors (Lipinski definition) is 6. The van der Waals surface area contributed by atoms with Crippen LogP contribution in [0.15, 0.2) is 58.2 Å². The lowest BCUT2D eigenvalue weighted by Crippen LogP contribution is -2.27. The molecule has 2 aromatic carbocycles. The molecular formula is C19H19N3O3S. The number of amides is 1. The van der Waals surface area contributed by atoms with Crippen LogP contribution in [0.5, 0.6) is 5.75 Å². The molecule has 1 heterocycles. The van der Waals surface area contributed by atoms with Gasteiger partial charge in [-0.1, -0.05) is 23.9 Å². The molecule has 0 saturated carbocycles. The van der Waals surface area contributed by atoms with Gasteiger partial charge in [0.15, 0.2) is 0 Å². The normalized spacial score (nSPS) is 10.6. The minimum absolute atomic E-state index is 0.0372. The molecule has 1 amide bonds. The van der Waals surface area contributed by atoms with Gasteiger partial charge >= 0.3 is 0 Å². The number of anilines is 1. The molecule has 7 heteroatoms. The van der Waals surface area contributed by atoms with Crippen molar-refractivity contribution in [1.29, 1.82) is 0 Å². The lowest BCUT2D eigenvalue weighted by Gasteiger charge is -2.17. The topological polar surface area (TPSA) is 68.5 Å². The minimum atomic E-state index is -0.0372. The summed E-state index contributed by atoms with van der Waals surface area (Å²) in [6.07, 6.45) is 0. The molecule has 1 aromatic heterocycles. The predicted molar refractivity (Wildman–Crippen MR) is 102 cm³/mol. The van der Waals surface area contributed by atoms with Gasteiger partial charge in [-0.3, -0.25) is 4.79 Å². The number of carbonyl (C=O) groups excluding carboxylic acids is 1. The molecule has 0 bridgehead atoms. The lowest BCUT2D eigenvalue weighted by molar-refractivity contribution is -0.115. The molecule has 0 aliphatic heterocycles. The van der Waals surface area contributed by atoms with E-state index in [2.05, 4.69) is 10.2 Å². The van der Waals surface area contributed by atoms with Crippen molar-refractivity contribution in [2.24, 2.45) is 0 Å². The van der Waals surface area contributed by atoms with Crippen molar-refractivity contribution in [1.82, 2.24) is 10.2 Å². The Bertz CT molecular complexity index is 893. The van der Waals surface area contributed by atoms with Gasteiger partial charge in [-0.05, 0) is 48.9 Å². The smallest absolute Gasteiger partial charge is 0.277 e. The number of rotatable bonds is 6. The third kappa shape index (κ3) is 4.23. The fourth-order valence-electron chi connectivity index (χ4n) is 2.32. The van der Waals surface area contributed by atoms with E-state index in [1.165, 1.54) is 11.8 Å². The van der Waals surface area contributed by atoms with Gasteiger partial charge in [0, 0.05) is 18.3 Å². The van der Waals surface area contributed by atoms with Crippen LogP contribution in [0.4, 0.5) is 5.69 Å². The summed E-state index contributed by atoms with van der Waals surface area (Å²) < 4.78 is 10.8. The molecule has 3 rings (SSSR count). The predicted octanol–water partition coefficient (Wildman–Crippen LogP) is 3.81. The molecule has 0 unspecified atom stereocenters. The summed E-state index contributed by atoms with van der Waals surface area (Å²) in [7, 11) is 3.37. The van der Waals surface area contributed by atoms with Crippen LogP contribution in [0, 0.1) is 6.92 Å². The van der Waals surface area contributed by atoms with Gasteiger partial charge in [-0.15, -0.1) is 10.2 Å². The third-order valence-electron chi connectivity index (χ3n) is 3.83. The van der Waals surface area contributed by atoms with Crippen molar-refractivity contribution >= 4 is 23.4 Å². The van der Waals surface area contributed by atoms with Gasteiger partial charge in [-0.25, -0.2) is 0 Å². The largest absolute Gasteiger partial charge is 0.497 e. The van der Waals surface area contributed by atoms with E-state index >= 15 is 0 Å². The first kappa shape index (κ1) is 18.0. The van der Waals surface area contributed by atoms with Gasteiger partial charge in [0.05, 0.1) is 12.9 Å². The van der Waals surface area contributed by atoms with E-state index in [0.717, 1.165) is 22.6 Å². The molecule has 26 heavy (non-hydrogen) atoms. The van der Waals surface area contributed by atoms with Crippen molar-refractivity contribution in [2.75, 3.05) is 24.8 Å². The maximum atomic E-state index is 12.4. The number of methoxy groups -OCH3 is 1. The number of ether oxygens (including phenoxy) is 1. The number of thioether (sulfide) groups is 1. The number of aromatic nitrogens is 2. The molecule has 0 aliphatic carbocycles. The van der Waals surface area contributed by atoms with E-state index in [1.807, 2.05) is 55.5 Å². The summed E-state index contributed by atoms with van der Waals surface area (Å²) in [6.45, 7) is 2.00. The monoisotopic (exact) mass is 369 g/mol. The number of nitrogens with zero attached hydrogens (tertiary/aromatic N) is 3. The summed E-state index contributed by atoms with van der Waals surface area (Å²) in [4.78, 5) is 14.0. The molecule has 0 radical (unpaired) electrons. The van der Waals surface area contributed by atoms with Crippen molar-refractivity contribution in [3.05, 3.63) is 54.1 Å². The highest BCUT2D eigenvalue weighted by Crippen LogP contribution is 2.25. The highest BCUT2D eigenvalue weighted by molar-refractivity contribution is 7.99. The molecule has 6 nitrogen and oxygen atoms in total. The van der Waals surface area contributed by atoms with Crippen LogP contribution in [-0.2, 0) is 4.79 Å². The Morgan fingerprint density at radius 1 is 1.19 bits per heavy atom. The highest BCUT2D eigenvalue weighted by atomic mass is 32.2. The summed E-state index contributed by atoms with van der Waals surface area (Å²) in [5, 5.41) is 8.39. The van der Waals surface area contributed by atoms with Gasteiger partial charge < -0.3 is 14.1 Å². The molecule has 0 atom stereocenters. The van der Waals surface area contributed by atoms with Gasteiger partial charge in [0.1, 0.15) is 5.75 Å². The second kappa shape index (κ2) is 8.05. The van der Waals surface area contributed by atoms with E-state index < -0.39 is 0 Å². The first-order chi connectivity index (χ1) is 12.6. The SMILES string of the molecule is COc1ccc(-c2nnc(SCC(=O)N(C)c3cccc(C)c3)o2)cc1. The summed E-state index contributed by atoms with van der Waals surface area (Å²) in [6, 6.07) is 15.1. The van der Waals surface area contributed by atoms with Gasteiger partial charge in [-0.2, -0.15) is 0 Å². The Morgan fingerprint density at radius 2 is 1.96 bits per heavy atom. The van der Waals surface area contributed by atoms with Crippen LogP contribution >= 0.6 is 11.8 Å². The Balaban J connectivity index is 1.61. The van der Waals surface area contributed by atoms with Crippen LogP contribution in [0.3, 0.4) is 0 Å². The minimum Gasteiger partial charge on any atom is -0.497 e. The summed E-state index contributed by atoms with van der Waals surface area (Å²) in [5.74, 6) is 1.35. The van der Waals surface area contributed by atoms with Gasteiger partial charge in [0.2, 0.25) is 11.8 Å². The zero-order valence-electron chi connectivity index (χ0n) is 14.8. The average molecular weight is 369 g/mol. The molecule has 0 saturated heterocycles. The first-order valence-corrected chi connectivity index (χ1v) is 8.99. The van der Waals surface area contributed by atoms with Crippen LogP contribution in [0.1, 0.15) is 5.56 Å². The first-order valence-electron chi connectivity index (χ1n) is 8.01. The average Bonchev–Trinajstić information content (AvgIpc) is 3.14. The van der Waals surface area contributed by atoms with E-state index in [-0.39, 0.29) is 11.7 Å². The molecule has 0 spiro atoms. The van der Waals surface area contributed by atoms with Crippen molar-refractivity contribution in [3.8, 4) is 17.2 Å². The highest BCUT2D eigenvalue weighted by Gasteiger charge is 2.15. The van der Waals surface area contributed by atoms with Crippen molar-refractivity contribution in [3.63, 3.8) is 0 Å². The summed E-state index contributed by atoms with van der Waals surface area (Å²) in [5.41, 5.74) is 2.77. The van der Waals surface area contributed by atoms with E-state index in [1.54, 1.807) is 19.1 Å². The van der Waals surface area contributed by atoms with E-state index in [9.17, 15) is 4.79 Å². The molecule has 0 N–H and O–H groups in total. The third-order valence-corrected chi connectivity index (χ3v) is 4.63. The Kier molecular flexibility index (Phi) is 5.58. The quantitative estimate of drug-likeness (QED) is 0.616. The zero-order valence-corrected chi connectivity index (χ0v) is 15.6. The lowest BCUT2D eigenvalue weighted by atomic mass is 10.2. The standard InChI is InChI=1S/C19H19N3O3S/c1-13-5-4-6-15(11-13)22(2)17(23)12-26-19-21-20-18(25-19)14-7-9-16(24-3)10-8-14/h4-11H,12H2,1-3H3. The van der Waals surface area contributed by atoms with Crippen LogP contribution in [-0.4, -0.2) is 36.0 Å². The Labute approximate surface area is 156 Å². The van der Waals surface area contributed by atoms with E-state index in [4.69, 9.17) is 9.15 Å². The molecule has 0 aliphatic rings. The van der Waals surface area contributed by atoms with E-state index in [0.29, 0.717) is 11.1 Å². The van der Waals surface area contributed by atoms with Crippen LogP contribution in [0.25, 0.3) is 11.5 Å². The van der Waals surface area contributed by atoms with Gasteiger partial charge in [0.25, 0.3) is 5.22 Å².